The number of benzene rings is 2. The molecule has 0 bridgehead atoms. The molecule has 0 saturated carbocycles. The zero-order valence-corrected chi connectivity index (χ0v) is 13.4. The molecule has 0 amide bonds. The van der Waals surface area contributed by atoms with E-state index in [4.69, 9.17) is 9.15 Å². The van der Waals surface area contributed by atoms with Gasteiger partial charge in [0.05, 0.1) is 25.2 Å². The van der Waals surface area contributed by atoms with Crippen molar-refractivity contribution in [2.45, 2.75) is 0 Å². The van der Waals surface area contributed by atoms with Gasteiger partial charge in [-0.2, -0.15) is 0 Å². The molecular weight excluding hydrogens is 328 g/mol. The maximum absolute atomic E-state index is 12.8. The summed E-state index contributed by atoms with van der Waals surface area (Å²) >= 11 is 0. The monoisotopic (exact) mass is 342 g/mol. The van der Waals surface area contributed by atoms with Crippen LogP contribution in [0.2, 0.25) is 0 Å². The van der Waals surface area contributed by atoms with Gasteiger partial charge in [-0.25, -0.2) is 4.79 Å². The average molecular weight is 342 g/mol. The number of esters is 1. The van der Waals surface area contributed by atoms with E-state index in [1.54, 1.807) is 12.1 Å². The number of hydrogen-bond donors (Lipinski definition) is 2. The van der Waals surface area contributed by atoms with Crippen LogP contribution in [0, 0.1) is 0 Å². The highest BCUT2D eigenvalue weighted by Crippen LogP contribution is 2.37. The number of hydrogen-bond acceptors (Lipinski definition) is 7. The van der Waals surface area contributed by atoms with Gasteiger partial charge in [0, 0.05) is 0 Å². The highest BCUT2D eigenvalue weighted by Gasteiger charge is 2.25. The Bertz CT molecular complexity index is 1020. The van der Waals surface area contributed by atoms with Crippen molar-refractivity contribution in [1.29, 1.82) is 0 Å². The fourth-order valence-corrected chi connectivity index (χ4v) is 2.58. The highest BCUT2D eigenvalue weighted by atomic mass is 16.5. The lowest BCUT2D eigenvalue weighted by Gasteiger charge is -2.12. The highest BCUT2D eigenvalue weighted by molar-refractivity contribution is 6.06. The summed E-state index contributed by atoms with van der Waals surface area (Å²) in [5, 5.41) is 19.5. The maximum Gasteiger partial charge on any atom is 0.345 e. The third kappa shape index (κ3) is 2.65. The largest absolute Gasteiger partial charge is 0.508 e. The van der Waals surface area contributed by atoms with Gasteiger partial charge in [0.15, 0.2) is 17.1 Å². The summed E-state index contributed by atoms with van der Waals surface area (Å²) in [7, 11) is 2.44. The summed E-state index contributed by atoms with van der Waals surface area (Å²) in [6.45, 7) is 0. The summed E-state index contributed by atoms with van der Waals surface area (Å²) < 4.78 is 15.2. The predicted octanol–water partition coefficient (Wildman–Crippen LogP) is 2.67. The second-order valence-electron chi connectivity index (χ2n) is 5.20. The molecule has 2 aromatic carbocycles. The molecule has 3 aromatic rings. The number of phenols is 2. The van der Waals surface area contributed by atoms with E-state index in [-0.39, 0.29) is 39.3 Å². The second-order valence-corrected chi connectivity index (χ2v) is 5.20. The van der Waals surface area contributed by atoms with Gasteiger partial charge >= 0.3 is 5.97 Å². The van der Waals surface area contributed by atoms with Crippen molar-refractivity contribution in [3.8, 4) is 28.4 Å². The number of methoxy groups -OCH3 is 2. The molecule has 0 saturated heterocycles. The Kier molecular flexibility index (Phi) is 4.06. The van der Waals surface area contributed by atoms with Gasteiger partial charge in [-0.05, 0) is 23.8 Å². The molecule has 3 rings (SSSR count). The summed E-state index contributed by atoms with van der Waals surface area (Å²) in [5.41, 5.74) is 0.0645. The minimum Gasteiger partial charge on any atom is -0.508 e. The molecule has 0 aliphatic heterocycles. The minimum absolute atomic E-state index is 0.00396. The lowest BCUT2D eigenvalue weighted by Crippen LogP contribution is -2.10. The van der Waals surface area contributed by atoms with Crippen LogP contribution in [-0.2, 0) is 4.74 Å². The smallest absolute Gasteiger partial charge is 0.345 e. The first-order valence-corrected chi connectivity index (χ1v) is 7.21. The van der Waals surface area contributed by atoms with Crippen molar-refractivity contribution in [3.05, 3.63) is 52.4 Å². The standard InChI is InChI=1S/C18H14O7/c1-23-17-13(20)7-11-15(21)12(9-3-5-10(19)6-4-9)8-25-16(11)14(17)18(22)24-2/h3-8,19-20H,1-2H3. The van der Waals surface area contributed by atoms with Crippen LogP contribution in [0.25, 0.3) is 22.1 Å². The zero-order chi connectivity index (χ0) is 18.1. The molecular formula is C18H14O7. The number of carbonyl (C=O) groups is 1. The van der Waals surface area contributed by atoms with Crippen LogP contribution in [0.1, 0.15) is 10.4 Å². The average Bonchev–Trinajstić information content (AvgIpc) is 2.62. The van der Waals surface area contributed by atoms with Crippen molar-refractivity contribution < 1.29 is 28.9 Å². The topological polar surface area (TPSA) is 106 Å². The van der Waals surface area contributed by atoms with E-state index in [1.807, 2.05) is 0 Å². The minimum atomic E-state index is -0.807. The van der Waals surface area contributed by atoms with Crippen LogP contribution in [0.4, 0.5) is 0 Å². The lowest BCUT2D eigenvalue weighted by molar-refractivity contribution is 0.0597. The fraction of sp³-hybridized carbons (Fsp3) is 0.111. The SMILES string of the molecule is COC(=O)c1c(OC)c(O)cc2c(=O)c(-c3ccc(O)cc3)coc12. The Morgan fingerprint density at radius 2 is 1.80 bits per heavy atom. The number of rotatable bonds is 3. The van der Waals surface area contributed by atoms with Crippen LogP contribution < -0.4 is 10.2 Å². The van der Waals surface area contributed by atoms with Crippen LogP contribution in [0.3, 0.4) is 0 Å². The fourth-order valence-electron chi connectivity index (χ4n) is 2.58. The van der Waals surface area contributed by atoms with Gasteiger partial charge in [0.25, 0.3) is 0 Å². The van der Waals surface area contributed by atoms with Gasteiger partial charge in [-0.1, -0.05) is 12.1 Å². The molecule has 7 heteroatoms. The Morgan fingerprint density at radius 1 is 1.12 bits per heavy atom. The number of carbonyl (C=O) groups excluding carboxylic acids is 1. The number of aromatic hydroxyl groups is 2. The predicted molar refractivity (Wildman–Crippen MR) is 89.1 cm³/mol. The van der Waals surface area contributed by atoms with E-state index in [0.29, 0.717) is 5.56 Å². The number of fused-ring (bicyclic) bond motifs is 1. The lowest BCUT2D eigenvalue weighted by atomic mass is 10.0. The molecule has 0 spiro atoms. The van der Waals surface area contributed by atoms with E-state index in [9.17, 15) is 19.8 Å². The van der Waals surface area contributed by atoms with Gasteiger partial charge in [0.1, 0.15) is 17.6 Å². The molecule has 2 N–H and O–H groups in total. The molecule has 0 radical (unpaired) electrons. The molecule has 0 aliphatic carbocycles. The Labute approximate surface area is 141 Å². The van der Waals surface area contributed by atoms with E-state index < -0.39 is 11.4 Å². The summed E-state index contributed by atoms with van der Waals surface area (Å²) in [5.74, 6) is -1.27. The first-order valence-electron chi connectivity index (χ1n) is 7.21. The molecule has 0 atom stereocenters. The molecule has 0 aliphatic rings. The molecule has 1 aromatic heterocycles. The van der Waals surface area contributed by atoms with Gasteiger partial charge in [-0.3, -0.25) is 4.79 Å². The summed E-state index contributed by atoms with van der Waals surface area (Å²) in [6, 6.07) is 7.15. The molecule has 0 fully saturated rings. The van der Waals surface area contributed by atoms with Crippen molar-refractivity contribution in [1.82, 2.24) is 0 Å². The van der Waals surface area contributed by atoms with Crippen molar-refractivity contribution >= 4 is 16.9 Å². The Balaban J connectivity index is 2.35. The Hall–Kier alpha value is -3.48. The van der Waals surface area contributed by atoms with Gasteiger partial charge in [-0.15, -0.1) is 0 Å². The molecule has 7 nitrogen and oxygen atoms in total. The second kappa shape index (κ2) is 6.20. The third-order valence-corrected chi connectivity index (χ3v) is 3.77. The number of phenolic OH excluding ortho intramolecular Hbond substituents is 2. The van der Waals surface area contributed by atoms with Crippen LogP contribution >= 0.6 is 0 Å². The number of ether oxygens (including phenoxy) is 2. The molecule has 25 heavy (non-hydrogen) atoms. The van der Waals surface area contributed by atoms with Crippen LogP contribution in [-0.4, -0.2) is 30.4 Å². The molecule has 128 valence electrons. The quantitative estimate of drug-likeness (QED) is 0.705. The van der Waals surface area contributed by atoms with Crippen molar-refractivity contribution in [3.63, 3.8) is 0 Å². The third-order valence-electron chi connectivity index (χ3n) is 3.77. The summed E-state index contributed by atoms with van der Waals surface area (Å²) in [6.07, 6.45) is 1.21. The zero-order valence-electron chi connectivity index (χ0n) is 13.4. The van der Waals surface area contributed by atoms with E-state index in [2.05, 4.69) is 4.74 Å². The van der Waals surface area contributed by atoms with Crippen LogP contribution in [0.15, 0.2) is 45.8 Å². The van der Waals surface area contributed by atoms with Gasteiger partial charge in [0.2, 0.25) is 5.43 Å². The molecule has 0 unspecified atom stereocenters. The van der Waals surface area contributed by atoms with Crippen LogP contribution in [0.5, 0.6) is 17.2 Å². The van der Waals surface area contributed by atoms with E-state index in [1.165, 1.54) is 38.7 Å². The van der Waals surface area contributed by atoms with Crippen molar-refractivity contribution in [2.75, 3.05) is 14.2 Å². The first kappa shape index (κ1) is 16.4. The van der Waals surface area contributed by atoms with E-state index >= 15 is 0 Å². The normalized spacial score (nSPS) is 10.6. The molecule has 1 heterocycles. The first-order chi connectivity index (χ1) is 12.0. The van der Waals surface area contributed by atoms with Crippen molar-refractivity contribution in [2.24, 2.45) is 0 Å². The Morgan fingerprint density at radius 3 is 2.40 bits per heavy atom. The summed E-state index contributed by atoms with van der Waals surface area (Å²) in [4.78, 5) is 24.9. The van der Waals surface area contributed by atoms with E-state index in [0.717, 1.165) is 0 Å². The van der Waals surface area contributed by atoms with Gasteiger partial charge < -0.3 is 24.1 Å². The maximum atomic E-state index is 12.8.